The molecule has 1 N–H and O–H groups in total. The zero-order valence-corrected chi connectivity index (χ0v) is 13.7. The largest absolute Gasteiger partial charge is 0.383 e. The molecule has 0 saturated heterocycles. The lowest BCUT2D eigenvalue weighted by molar-refractivity contribution is 0.193. The van der Waals surface area contributed by atoms with Gasteiger partial charge in [-0.25, -0.2) is 0 Å². The van der Waals surface area contributed by atoms with Crippen LogP contribution in [-0.4, -0.2) is 26.8 Å². The first-order chi connectivity index (χ1) is 10.3. The van der Waals surface area contributed by atoms with Crippen LogP contribution in [-0.2, 0) is 10.2 Å². The lowest BCUT2D eigenvalue weighted by atomic mass is 9.71. The number of ether oxygens (including phenoxy) is 1. The van der Waals surface area contributed by atoms with E-state index in [9.17, 15) is 0 Å². The normalized spacial score (nSPS) is 18.8. The second-order valence-corrected chi connectivity index (χ2v) is 6.52. The molecule has 2 heteroatoms. The Bertz CT molecular complexity index is 386. The second kappa shape index (κ2) is 8.55. The van der Waals surface area contributed by atoms with E-state index in [1.165, 1.54) is 44.1 Å². The van der Waals surface area contributed by atoms with Crippen LogP contribution in [0.5, 0.6) is 0 Å². The van der Waals surface area contributed by atoms with Crippen LogP contribution in [0.3, 0.4) is 0 Å². The van der Waals surface area contributed by atoms with E-state index in [2.05, 4.69) is 42.6 Å². The molecule has 2 rings (SSSR count). The van der Waals surface area contributed by atoms with Gasteiger partial charge in [-0.05, 0) is 24.3 Å². The van der Waals surface area contributed by atoms with E-state index in [-0.39, 0.29) is 5.41 Å². The number of methoxy groups -OCH3 is 1. The molecule has 1 aromatic carbocycles. The van der Waals surface area contributed by atoms with E-state index >= 15 is 0 Å². The third-order valence-corrected chi connectivity index (χ3v) is 5.16. The molecule has 0 amide bonds. The van der Waals surface area contributed by atoms with E-state index in [1.807, 2.05) is 0 Å². The molecule has 1 fully saturated rings. The Morgan fingerprint density at radius 2 is 1.90 bits per heavy atom. The van der Waals surface area contributed by atoms with Crippen molar-refractivity contribution in [1.82, 2.24) is 5.32 Å². The summed E-state index contributed by atoms with van der Waals surface area (Å²) in [7, 11) is 1.77. The summed E-state index contributed by atoms with van der Waals surface area (Å²) in [5.41, 5.74) is 1.79. The van der Waals surface area contributed by atoms with Crippen molar-refractivity contribution < 1.29 is 4.74 Å². The van der Waals surface area contributed by atoms with Crippen LogP contribution >= 0.6 is 0 Å². The Morgan fingerprint density at radius 1 is 1.19 bits per heavy atom. The van der Waals surface area contributed by atoms with Crippen molar-refractivity contribution in [2.24, 2.45) is 5.92 Å². The van der Waals surface area contributed by atoms with Crippen LogP contribution in [0.15, 0.2) is 30.3 Å². The monoisotopic (exact) mass is 289 g/mol. The summed E-state index contributed by atoms with van der Waals surface area (Å²) in [6.07, 6.45) is 8.23. The SMILES string of the molecule is CCC(CNCCOC)(CC1CCCC1)c1ccccc1. The quantitative estimate of drug-likeness (QED) is 0.690. The lowest BCUT2D eigenvalue weighted by Gasteiger charge is -2.36. The van der Waals surface area contributed by atoms with Gasteiger partial charge < -0.3 is 10.1 Å². The molecule has 1 saturated carbocycles. The molecule has 1 aliphatic rings. The molecule has 0 heterocycles. The van der Waals surface area contributed by atoms with Crippen molar-refractivity contribution in [3.63, 3.8) is 0 Å². The molecule has 1 aromatic rings. The first kappa shape index (κ1) is 16.5. The van der Waals surface area contributed by atoms with E-state index in [0.29, 0.717) is 0 Å². The standard InChI is InChI=1S/C19H31NO/c1-3-19(16-20-13-14-21-2,15-17-9-7-8-10-17)18-11-5-4-6-12-18/h4-6,11-12,17,20H,3,7-10,13-16H2,1-2H3. The van der Waals surface area contributed by atoms with Crippen LogP contribution in [0, 0.1) is 5.92 Å². The van der Waals surface area contributed by atoms with Crippen molar-refractivity contribution in [2.75, 3.05) is 26.8 Å². The highest BCUT2D eigenvalue weighted by Gasteiger charge is 2.33. The van der Waals surface area contributed by atoms with Crippen LogP contribution < -0.4 is 5.32 Å². The molecule has 2 nitrogen and oxygen atoms in total. The zero-order valence-electron chi connectivity index (χ0n) is 13.7. The van der Waals surface area contributed by atoms with Gasteiger partial charge in [-0.3, -0.25) is 0 Å². The fraction of sp³-hybridized carbons (Fsp3) is 0.684. The molecular formula is C19H31NO. The van der Waals surface area contributed by atoms with Gasteiger partial charge in [0, 0.05) is 25.6 Å². The molecule has 0 spiro atoms. The maximum Gasteiger partial charge on any atom is 0.0587 e. The van der Waals surface area contributed by atoms with Crippen LogP contribution in [0.2, 0.25) is 0 Å². The first-order valence-electron chi connectivity index (χ1n) is 8.56. The molecule has 1 atom stereocenters. The number of benzene rings is 1. The number of hydrogen-bond donors (Lipinski definition) is 1. The van der Waals surface area contributed by atoms with Gasteiger partial charge in [0.05, 0.1) is 6.61 Å². The van der Waals surface area contributed by atoms with Crippen LogP contribution in [0.25, 0.3) is 0 Å². The molecule has 0 radical (unpaired) electrons. The predicted molar refractivity (Wildman–Crippen MR) is 89.7 cm³/mol. The van der Waals surface area contributed by atoms with Gasteiger partial charge in [0.15, 0.2) is 0 Å². The highest BCUT2D eigenvalue weighted by atomic mass is 16.5. The Kier molecular flexibility index (Phi) is 6.72. The predicted octanol–water partition coefficient (Wildman–Crippen LogP) is 4.15. The summed E-state index contributed by atoms with van der Waals surface area (Å²) in [4.78, 5) is 0. The number of hydrogen-bond acceptors (Lipinski definition) is 2. The second-order valence-electron chi connectivity index (χ2n) is 6.52. The minimum atomic E-state index is 0.282. The Morgan fingerprint density at radius 3 is 2.52 bits per heavy atom. The van der Waals surface area contributed by atoms with E-state index in [1.54, 1.807) is 7.11 Å². The maximum absolute atomic E-state index is 5.17. The smallest absolute Gasteiger partial charge is 0.0587 e. The van der Waals surface area contributed by atoms with Crippen molar-refractivity contribution >= 4 is 0 Å². The van der Waals surface area contributed by atoms with E-state index in [4.69, 9.17) is 4.74 Å². The molecule has 1 aliphatic carbocycles. The van der Waals surface area contributed by atoms with Crippen LogP contribution in [0.1, 0.15) is 51.0 Å². The van der Waals surface area contributed by atoms with Gasteiger partial charge >= 0.3 is 0 Å². The van der Waals surface area contributed by atoms with Gasteiger partial charge in [-0.2, -0.15) is 0 Å². The minimum absolute atomic E-state index is 0.282. The van der Waals surface area contributed by atoms with Gasteiger partial charge in [-0.15, -0.1) is 0 Å². The molecular weight excluding hydrogens is 258 g/mol. The zero-order chi connectivity index (χ0) is 15.0. The molecule has 0 aromatic heterocycles. The molecule has 0 aliphatic heterocycles. The average Bonchev–Trinajstić information content (AvgIpc) is 3.04. The first-order valence-corrected chi connectivity index (χ1v) is 8.56. The molecule has 1 unspecified atom stereocenters. The van der Waals surface area contributed by atoms with E-state index in [0.717, 1.165) is 25.6 Å². The summed E-state index contributed by atoms with van der Waals surface area (Å²) < 4.78 is 5.17. The van der Waals surface area contributed by atoms with Gasteiger partial charge in [0.1, 0.15) is 0 Å². The fourth-order valence-corrected chi connectivity index (χ4v) is 3.83. The van der Waals surface area contributed by atoms with Crippen molar-refractivity contribution in [1.29, 1.82) is 0 Å². The summed E-state index contributed by atoms with van der Waals surface area (Å²) in [6.45, 7) is 5.14. The summed E-state index contributed by atoms with van der Waals surface area (Å²) in [5, 5.41) is 3.63. The van der Waals surface area contributed by atoms with Gasteiger partial charge in [0.25, 0.3) is 0 Å². The third kappa shape index (κ3) is 4.55. The minimum Gasteiger partial charge on any atom is -0.383 e. The van der Waals surface area contributed by atoms with Crippen molar-refractivity contribution in [3.05, 3.63) is 35.9 Å². The molecule has 21 heavy (non-hydrogen) atoms. The molecule has 0 bridgehead atoms. The van der Waals surface area contributed by atoms with Gasteiger partial charge in [0.2, 0.25) is 0 Å². The van der Waals surface area contributed by atoms with Crippen LogP contribution in [0.4, 0.5) is 0 Å². The topological polar surface area (TPSA) is 21.3 Å². The highest BCUT2D eigenvalue weighted by Crippen LogP contribution is 2.40. The van der Waals surface area contributed by atoms with E-state index < -0.39 is 0 Å². The average molecular weight is 289 g/mol. The maximum atomic E-state index is 5.17. The summed E-state index contributed by atoms with van der Waals surface area (Å²) in [6, 6.07) is 11.1. The number of nitrogens with one attached hydrogen (secondary N) is 1. The lowest BCUT2D eigenvalue weighted by Crippen LogP contribution is -2.40. The summed E-state index contributed by atoms with van der Waals surface area (Å²) in [5.74, 6) is 0.911. The van der Waals surface area contributed by atoms with Gasteiger partial charge in [-0.1, -0.05) is 62.9 Å². The highest BCUT2D eigenvalue weighted by molar-refractivity contribution is 5.26. The summed E-state index contributed by atoms with van der Waals surface area (Å²) >= 11 is 0. The Balaban J connectivity index is 2.09. The Hall–Kier alpha value is -0.860. The third-order valence-electron chi connectivity index (χ3n) is 5.16. The van der Waals surface area contributed by atoms with Crippen molar-refractivity contribution in [2.45, 2.75) is 50.9 Å². The van der Waals surface area contributed by atoms with Crippen molar-refractivity contribution in [3.8, 4) is 0 Å². The molecule has 118 valence electrons. The fourth-order valence-electron chi connectivity index (χ4n) is 3.83. The Labute approximate surface area is 130 Å². The number of rotatable bonds is 9.